The highest BCUT2D eigenvalue weighted by Crippen LogP contribution is 2.19. The monoisotopic (exact) mass is 371 g/mol. The van der Waals surface area contributed by atoms with Gasteiger partial charge in [0.25, 0.3) is 0 Å². The Morgan fingerprint density at radius 3 is 2.20 bits per heavy atom. The molecule has 0 heterocycles. The number of methoxy groups -OCH3 is 1. The summed E-state index contributed by atoms with van der Waals surface area (Å²) in [6.45, 7) is 5.01. The lowest BCUT2D eigenvalue weighted by Crippen LogP contribution is -2.47. The number of carboxylic acid groups (broad SMARTS) is 1. The van der Waals surface area contributed by atoms with Crippen molar-refractivity contribution in [2.45, 2.75) is 38.1 Å². The van der Waals surface area contributed by atoms with E-state index in [1.165, 1.54) is 38.3 Å². The highest BCUT2D eigenvalue weighted by Gasteiger charge is 2.29. The first-order valence-corrected chi connectivity index (χ1v) is 9.67. The van der Waals surface area contributed by atoms with E-state index in [4.69, 9.17) is 4.74 Å². The minimum absolute atomic E-state index is 0.0876. The van der Waals surface area contributed by atoms with Gasteiger partial charge in [-0.1, -0.05) is 27.2 Å². The molecule has 0 aliphatic heterocycles. The van der Waals surface area contributed by atoms with Gasteiger partial charge in [-0.2, -0.15) is 0 Å². The molecule has 140 valence electrons. The quantitative estimate of drug-likeness (QED) is 0.684. The average molecular weight is 371 g/mol. The third kappa shape index (κ3) is 5.74. The van der Waals surface area contributed by atoms with E-state index >= 15 is 0 Å². The van der Waals surface area contributed by atoms with Gasteiger partial charge in [0.2, 0.25) is 5.91 Å². The predicted octanol–water partition coefficient (Wildman–Crippen LogP) is 1.72. The Labute approximate surface area is 148 Å². The van der Waals surface area contributed by atoms with Crippen molar-refractivity contribution in [2.24, 2.45) is 11.8 Å². The standard InChI is InChI=1S/C17H25NO6S/c1-5-11(2)15(17(20)21)18-16(19)12(3)10-25(22,23)14-8-6-13(24-4)7-9-14/h6-9,11-12,15H,5,10H2,1-4H3,(H,18,19)(H,20,21)/t11-,12?,15-/m0/s1. The fraction of sp³-hybridized carbons (Fsp3) is 0.529. The molecule has 8 heteroatoms. The average Bonchev–Trinajstić information content (AvgIpc) is 2.58. The van der Waals surface area contributed by atoms with E-state index in [0.29, 0.717) is 12.2 Å². The van der Waals surface area contributed by atoms with Gasteiger partial charge < -0.3 is 15.2 Å². The fourth-order valence-corrected chi connectivity index (χ4v) is 3.82. The third-order valence-electron chi connectivity index (χ3n) is 4.11. The van der Waals surface area contributed by atoms with Crippen LogP contribution in [0.2, 0.25) is 0 Å². The van der Waals surface area contributed by atoms with E-state index in [9.17, 15) is 23.1 Å². The Morgan fingerprint density at radius 2 is 1.76 bits per heavy atom. The lowest BCUT2D eigenvalue weighted by atomic mass is 9.98. The highest BCUT2D eigenvalue weighted by molar-refractivity contribution is 7.91. The molecular formula is C17H25NO6S. The SMILES string of the molecule is CC[C@H](C)[C@H](NC(=O)C(C)CS(=O)(=O)c1ccc(OC)cc1)C(=O)O. The molecule has 0 bridgehead atoms. The Kier molecular flexibility index (Phi) is 7.41. The second-order valence-electron chi connectivity index (χ2n) is 6.07. The van der Waals surface area contributed by atoms with Gasteiger partial charge in [0.15, 0.2) is 9.84 Å². The molecule has 0 spiro atoms. The van der Waals surface area contributed by atoms with Crippen LogP contribution >= 0.6 is 0 Å². The summed E-state index contributed by atoms with van der Waals surface area (Å²) in [5.41, 5.74) is 0. The van der Waals surface area contributed by atoms with E-state index in [1.54, 1.807) is 6.92 Å². The second kappa shape index (κ2) is 8.84. The number of benzene rings is 1. The number of nitrogens with one attached hydrogen (secondary N) is 1. The summed E-state index contributed by atoms with van der Waals surface area (Å²) < 4.78 is 29.8. The van der Waals surface area contributed by atoms with Crippen LogP contribution in [0.5, 0.6) is 5.75 Å². The molecule has 1 aromatic rings. The minimum atomic E-state index is -3.68. The van der Waals surface area contributed by atoms with Gasteiger partial charge in [0.1, 0.15) is 11.8 Å². The molecular weight excluding hydrogens is 346 g/mol. The van der Waals surface area contributed by atoms with Gasteiger partial charge in [0.05, 0.1) is 17.8 Å². The molecule has 0 aliphatic rings. The molecule has 25 heavy (non-hydrogen) atoms. The molecule has 3 atom stereocenters. The highest BCUT2D eigenvalue weighted by atomic mass is 32.2. The summed E-state index contributed by atoms with van der Waals surface area (Å²) in [7, 11) is -2.20. The van der Waals surface area contributed by atoms with Crippen LogP contribution in [0, 0.1) is 11.8 Å². The number of ether oxygens (including phenoxy) is 1. The molecule has 1 aromatic carbocycles. The van der Waals surface area contributed by atoms with Crippen LogP contribution in [-0.2, 0) is 19.4 Å². The predicted molar refractivity (Wildman–Crippen MR) is 93.2 cm³/mol. The first-order chi connectivity index (χ1) is 11.6. The van der Waals surface area contributed by atoms with Crippen molar-refractivity contribution >= 4 is 21.7 Å². The zero-order valence-electron chi connectivity index (χ0n) is 14.9. The largest absolute Gasteiger partial charge is 0.497 e. The van der Waals surface area contributed by atoms with Gasteiger partial charge in [-0.05, 0) is 30.2 Å². The van der Waals surface area contributed by atoms with Crippen molar-refractivity contribution in [3.05, 3.63) is 24.3 Å². The summed E-state index contributed by atoms with van der Waals surface area (Å²) in [5, 5.41) is 11.7. The summed E-state index contributed by atoms with van der Waals surface area (Å²) in [6.07, 6.45) is 0.579. The van der Waals surface area contributed by atoms with E-state index in [2.05, 4.69) is 5.32 Å². The maximum Gasteiger partial charge on any atom is 0.326 e. The summed E-state index contributed by atoms with van der Waals surface area (Å²) in [6, 6.07) is 4.85. The molecule has 1 unspecified atom stereocenters. The van der Waals surface area contributed by atoms with Gasteiger partial charge in [-0.3, -0.25) is 4.79 Å². The number of sulfone groups is 1. The van der Waals surface area contributed by atoms with Gasteiger partial charge >= 0.3 is 5.97 Å². The second-order valence-corrected chi connectivity index (χ2v) is 8.10. The molecule has 0 saturated carbocycles. The van der Waals surface area contributed by atoms with Crippen molar-refractivity contribution in [3.8, 4) is 5.75 Å². The minimum Gasteiger partial charge on any atom is -0.497 e. The van der Waals surface area contributed by atoms with Crippen molar-refractivity contribution in [2.75, 3.05) is 12.9 Å². The number of hydrogen-bond donors (Lipinski definition) is 2. The number of amides is 1. The van der Waals surface area contributed by atoms with Gasteiger partial charge in [-0.15, -0.1) is 0 Å². The Hall–Kier alpha value is -2.09. The number of carbonyl (C=O) groups excluding carboxylic acids is 1. The van der Waals surface area contributed by atoms with Crippen LogP contribution in [0.15, 0.2) is 29.2 Å². The normalized spacial score (nSPS) is 15.0. The molecule has 0 radical (unpaired) electrons. The molecule has 0 fully saturated rings. The smallest absolute Gasteiger partial charge is 0.326 e. The first kappa shape index (κ1) is 21.0. The van der Waals surface area contributed by atoms with Crippen molar-refractivity contribution in [1.82, 2.24) is 5.32 Å². The van der Waals surface area contributed by atoms with Crippen LogP contribution in [0.1, 0.15) is 27.2 Å². The summed E-state index contributed by atoms with van der Waals surface area (Å²) >= 11 is 0. The van der Waals surface area contributed by atoms with Crippen LogP contribution < -0.4 is 10.1 Å². The lowest BCUT2D eigenvalue weighted by Gasteiger charge is -2.22. The van der Waals surface area contributed by atoms with E-state index in [0.717, 1.165) is 0 Å². The molecule has 1 amide bonds. The molecule has 0 saturated heterocycles. The Morgan fingerprint density at radius 1 is 1.20 bits per heavy atom. The van der Waals surface area contributed by atoms with E-state index in [1.807, 2.05) is 6.92 Å². The van der Waals surface area contributed by atoms with Crippen LogP contribution in [-0.4, -0.2) is 44.3 Å². The van der Waals surface area contributed by atoms with Crippen LogP contribution in [0.4, 0.5) is 0 Å². The van der Waals surface area contributed by atoms with E-state index in [-0.39, 0.29) is 10.8 Å². The van der Waals surface area contributed by atoms with Gasteiger partial charge in [0, 0.05) is 5.92 Å². The number of hydrogen-bond acceptors (Lipinski definition) is 5. The maximum absolute atomic E-state index is 12.4. The van der Waals surface area contributed by atoms with Gasteiger partial charge in [-0.25, -0.2) is 13.2 Å². The topological polar surface area (TPSA) is 110 Å². The van der Waals surface area contributed by atoms with Crippen molar-refractivity contribution in [1.29, 1.82) is 0 Å². The van der Waals surface area contributed by atoms with Crippen molar-refractivity contribution < 1.29 is 27.9 Å². The molecule has 0 aromatic heterocycles. The Balaban J connectivity index is 2.83. The summed E-state index contributed by atoms with van der Waals surface area (Å²) in [5.74, 6) is -2.73. The maximum atomic E-state index is 12.4. The van der Waals surface area contributed by atoms with Crippen LogP contribution in [0.25, 0.3) is 0 Å². The Bertz CT molecular complexity index is 698. The molecule has 1 rings (SSSR count). The molecule has 2 N–H and O–H groups in total. The number of rotatable bonds is 9. The summed E-state index contributed by atoms with van der Waals surface area (Å²) in [4.78, 5) is 23.6. The molecule has 0 aliphatic carbocycles. The number of carbonyl (C=O) groups is 2. The zero-order valence-corrected chi connectivity index (χ0v) is 15.7. The van der Waals surface area contributed by atoms with E-state index < -0.39 is 39.4 Å². The fourth-order valence-electron chi connectivity index (χ4n) is 2.26. The molecule has 7 nitrogen and oxygen atoms in total. The zero-order chi connectivity index (χ0) is 19.2. The number of aliphatic carboxylic acids is 1. The first-order valence-electron chi connectivity index (χ1n) is 8.02. The van der Waals surface area contributed by atoms with Crippen molar-refractivity contribution in [3.63, 3.8) is 0 Å². The van der Waals surface area contributed by atoms with Crippen LogP contribution in [0.3, 0.4) is 0 Å². The number of carboxylic acids is 1. The lowest BCUT2D eigenvalue weighted by molar-refractivity contribution is -0.143. The third-order valence-corrected chi connectivity index (χ3v) is 6.04.